The number of rotatable bonds is 13. The summed E-state index contributed by atoms with van der Waals surface area (Å²) in [6.45, 7) is 6.90. The Morgan fingerprint density at radius 2 is 1.72 bits per heavy atom. The highest BCUT2D eigenvalue weighted by molar-refractivity contribution is 5.70. The summed E-state index contributed by atoms with van der Waals surface area (Å²) >= 11 is 0. The van der Waals surface area contributed by atoms with Crippen LogP contribution in [-0.2, 0) is 14.3 Å². The van der Waals surface area contributed by atoms with Crippen LogP contribution in [0.15, 0.2) is 0 Å². The molecule has 0 aromatic rings. The van der Waals surface area contributed by atoms with Crippen LogP contribution in [0, 0.1) is 0 Å². The molecule has 18 heavy (non-hydrogen) atoms. The zero-order chi connectivity index (χ0) is 13.5. The molecule has 0 aromatic heterocycles. The van der Waals surface area contributed by atoms with Crippen molar-refractivity contribution in [1.29, 1.82) is 0 Å². The summed E-state index contributed by atoms with van der Waals surface area (Å²) in [5, 5.41) is 3.30. The maximum atomic E-state index is 10.9. The number of ether oxygens (including phenoxy) is 2. The van der Waals surface area contributed by atoms with Crippen LogP contribution in [0.4, 0.5) is 0 Å². The molecule has 0 unspecified atom stereocenters. The van der Waals surface area contributed by atoms with Crippen LogP contribution < -0.4 is 5.32 Å². The van der Waals surface area contributed by atoms with Gasteiger partial charge in [0.25, 0.3) is 0 Å². The zero-order valence-electron chi connectivity index (χ0n) is 12.0. The van der Waals surface area contributed by atoms with Crippen molar-refractivity contribution < 1.29 is 14.3 Å². The summed E-state index contributed by atoms with van der Waals surface area (Å²) in [6.07, 6.45) is 7.89. The lowest BCUT2D eigenvalue weighted by Gasteiger charge is -2.06. The maximum Gasteiger partial charge on any atom is 0.332 e. The van der Waals surface area contributed by atoms with Crippen LogP contribution in [0.25, 0.3) is 0 Å². The SMILES string of the molecule is CCCCCCCCNCCOCC(=O)OCC. The molecule has 0 saturated carbocycles. The Hall–Kier alpha value is -0.610. The normalized spacial score (nSPS) is 10.6. The van der Waals surface area contributed by atoms with E-state index < -0.39 is 0 Å². The molecule has 0 radical (unpaired) electrons. The molecule has 0 aromatic carbocycles. The van der Waals surface area contributed by atoms with Crippen LogP contribution in [0.3, 0.4) is 0 Å². The molecule has 4 heteroatoms. The Morgan fingerprint density at radius 1 is 1.00 bits per heavy atom. The standard InChI is InChI=1S/C14H29NO3/c1-3-5-6-7-8-9-10-15-11-12-17-13-14(16)18-4-2/h15H,3-13H2,1-2H3. The zero-order valence-corrected chi connectivity index (χ0v) is 12.0. The maximum absolute atomic E-state index is 10.9. The minimum Gasteiger partial charge on any atom is -0.464 e. The van der Waals surface area contributed by atoms with Crippen LogP contribution in [0.2, 0.25) is 0 Å². The van der Waals surface area contributed by atoms with E-state index in [1.54, 1.807) is 6.92 Å². The minimum absolute atomic E-state index is 0.0620. The van der Waals surface area contributed by atoms with Gasteiger partial charge in [0.05, 0.1) is 13.2 Å². The van der Waals surface area contributed by atoms with Crippen molar-refractivity contribution >= 4 is 5.97 Å². The van der Waals surface area contributed by atoms with Gasteiger partial charge in [-0.2, -0.15) is 0 Å². The highest BCUT2D eigenvalue weighted by atomic mass is 16.6. The van der Waals surface area contributed by atoms with E-state index in [0.717, 1.165) is 13.1 Å². The van der Waals surface area contributed by atoms with E-state index in [-0.39, 0.29) is 12.6 Å². The fourth-order valence-corrected chi connectivity index (χ4v) is 1.66. The molecule has 1 N–H and O–H groups in total. The molecular formula is C14H29NO3. The second kappa shape index (κ2) is 14.5. The summed E-state index contributed by atoms with van der Waals surface area (Å²) in [5.74, 6) is -0.284. The predicted octanol–water partition coefficient (Wildman–Crippen LogP) is 2.52. The van der Waals surface area contributed by atoms with E-state index in [2.05, 4.69) is 12.2 Å². The average molecular weight is 259 g/mol. The molecule has 0 aliphatic carbocycles. The fourth-order valence-electron chi connectivity index (χ4n) is 1.66. The molecule has 0 bridgehead atoms. The van der Waals surface area contributed by atoms with Crippen molar-refractivity contribution in [2.75, 3.05) is 32.9 Å². The monoisotopic (exact) mass is 259 g/mol. The Labute approximate surface area is 111 Å². The summed E-state index contributed by atoms with van der Waals surface area (Å²) in [6, 6.07) is 0. The third-order valence-corrected chi connectivity index (χ3v) is 2.66. The number of carbonyl (C=O) groups is 1. The van der Waals surface area contributed by atoms with E-state index in [4.69, 9.17) is 9.47 Å². The van der Waals surface area contributed by atoms with E-state index >= 15 is 0 Å². The van der Waals surface area contributed by atoms with Gasteiger partial charge >= 0.3 is 5.97 Å². The van der Waals surface area contributed by atoms with Gasteiger partial charge in [0.15, 0.2) is 0 Å². The van der Waals surface area contributed by atoms with Crippen LogP contribution in [0.5, 0.6) is 0 Å². The molecule has 4 nitrogen and oxygen atoms in total. The van der Waals surface area contributed by atoms with Crippen molar-refractivity contribution in [3.05, 3.63) is 0 Å². The first-order valence-corrected chi connectivity index (χ1v) is 7.25. The lowest BCUT2D eigenvalue weighted by molar-refractivity contribution is -0.148. The molecule has 0 amide bonds. The summed E-state index contributed by atoms with van der Waals surface area (Å²) in [4.78, 5) is 10.9. The molecular weight excluding hydrogens is 230 g/mol. The van der Waals surface area contributed by atoms with Gasteiger partial charge in [-0.25, -0.2) is 4.79 Å². The summed E-state index contributed by atoms with van der Waals surface area (Å²) in [7, 11) is 0. The number of unbranched alkanes of at least 4 members (excludes halogenated alkanes) is 5. The van der Waals surface area contributed by atoms with Crippen molar-refractivity contribution in [3.63, 3.8) is 0 Å². The van der Waals surface area contributed by atoms with E-state index in [1.165, 1.54) is 38.5 Å². The van der Waals surface area contributed by atoms with Crippen molar-refractivity contribution in [3.8, 4) is 0 Å². The van der Waals surface area contributed by atoms with Gasteiger partial charge in [-0.3, -0.25) is 0 Å². The van der Waals surface area contributed by atoms with Crippen molar-refractivity contribution in [2.45, 2.75) is 52.4 Å². The van der Waals surface area contributed by atoms with Gasteiger partial charge < -0.3 is 14.8 Å². The van der Waals surface area contributed by atoms with Gasteiger partial charge in [0.1, 0.15) is 6.61 Å². The topological polar surface area (TPSA) is 47.6 Å². The lowest BCUT2D eigenvalue weighted by Crippen LogP contribution is -2.22. The summed E-state index contributed by atoms with van der Waals surface area (Å²) in [5.41, 5.74) is 0. The first kappa shape index (κ1) is 17.4. The first-order chi connectivity index (χ1) is 8.81. The highest BCUT2D eigenvalue weighted by Crippen LogP contribution is 2.03. The smallest absolute Gasteiger partial charge is 0.332 e. The molecule has 0 atom stereocenters. The molecule has 0 fully saturated rings. The summed E-state index contributed by atoms with van der Waals surface area (Å²) < 4.78 is 9.92. The number of hydrogen-bond acceptors (Lipinski definition) is 4. The molecule has 0 saturated heterocycles. The molecule has 0 aliphatic heterocycles. The number of esters is 1. The van der Waals surface area contributed by atoms with Gasteiger partial charge in [-0.1, -0.05) is 39.0 Å². The highest BCUT2D eigenvalue weighted by Gasteiger charge is 1.99. The number of hydrogen-bond donors (Lipinski definition) is 1. The molecule has 0 heterocycles. The predicted molar refractivity (Wildman–Crippen MR) is 73.7 cm³/mol. The largest absolute Gasteiger partial charge is 0.464 e. The number of nitrogens with one attached hydrogen (secondary N) is 1. The third kappa shape index (κ3) is 13.5. The van der Waals surface area contributed by atoms with Gasteiger partial charge in [0.2, 0.25) is 0 Å². The van der Waals surface area contributed by atoms with Crippen molar-refractivity contribution in [2.24, 2.45) is 0 Å². The Kier molecular flexibility index (Phi) is 14.0. The number of carbonyl (C=O) groups excluding carboxylic acids is 1. The third-order valence-electron chi connectivity index (χ3n) is 2.66. The molecule has 108 valence electrons. The Balaban J connectivity index is 3.01. The van der Waals surface area contributed by atoms with Gasteiger partial charge in [-0.05, 0) is 19.9 Å². The Bertz CT molecular complexity index is 186. The molecule has 0 aliphatic rings. The fraction of sp³-hybridized carbons (Fsp3) is 0.929. The van der Waals surface area contributed by atoms with Crippen molar-refractivity contribution in [1.82, 2.24) is 5.32 Å². The molecule has 0 spiro atoms. The van der Waals surface area contributed by atoms with Gasteiger partial charge in [-0.15, -0.1) is 0 Å². The van der Waals surface area contributed by atoms with Crippen LogP contribution in [-0.4, -0.2) is 38.9 Å². The van der Waals surface area contributed by atoms with E-state index in [9.17, 15) is 4.79 Å². The van der Waals surface area contributed by atoms with E-state index in [1.807, 2.05) is 0 Å². The quantitative estimate of drug-likeness (QED) is 0.408. The van der Waals surface area contributed by atoms with Crippen LogP contribution >= 0.6 is 0 Å². The van der Waals surface area contributed by atoms with Crippen LogP contribution in [0.1, 0.15) is 52.4 Å². The first-order valence-electron chi connectivity index (χ1n) is 7.25. The van der Waals surface area contributed by atoms with E-state index in [0.29, 0.717) is 13.2 Å². The molecule has 0 rings (SSSR count). The minimum atomic E-state index is -0.284. The van der Waals surface area contributed by atoms with Gasteiger partial charge in [0, 0.05) is 6.54 Å². The average Bonchev–Trinajstić information content (AvgIpc) is 2.36. The Morgan fingerprint density at radius 3 is 2.44 bits per heavy atom. The second-order valence-corrected chi connectivity index (χ2v) is 4.38. The lowest BCUT2D eigenvalue weighted by atomic mass is 10.1. The second-order valence-electron chi connectivity index (χ2n) is 4.38.